The Morgan fingerprint density at radius 3 is 2.68 bits per heavy atom. The molecule has 25 heavy (non-hydrogen) atoms. The lowest BCUT2D eigenvalue weighted by Crippen LogP contribution is -2.08. The molecular formula is C21H26N2O2. The van der Waals surface area contributed by atoms with Gasteiger partial charge in [-0.1, -0.05) is 29.8 Å². The molecule has 0 radical (unpaired) electrons. The van der Waals surface area contributed by atoms with Crippen molar-refractivity contribution in [2.45, 2.75) is 46.3 Å². The van der Waals surface area contributed by atoms with E-state index in [0.717, 1.165) is 42.0 Å². The number of rotatable bonds is 7. The van der Waals surface area contributed by atoms with E-state index < -0.39 is 6.10 Å². The summed E-state index contributed by atoms with van der Waals surface area (Å²) in [5, 5.41) is 10.0. The van der Waals surface area contributed by atoms with E-state index in [2.05, 4.69) is 41.6 Å². The van der Waals surface area contributed by atoms with Gasteiger partial charge in [-0.3, -0.25) is 0 Å². The average Bonchev–Trinajstić information content (AvgIpc) is 2.95. The zero-order valence-electron chi connectivity index (χ0n) is 15.2. The van der Waals surface area contributed by atoms with Crippen LogP contribution in [0.2, 0.25) is 0 Å². The summed E-state index contributed by atoms with van der Waals surface area (Å²) in [5.74, 6) is 1.69. The molecule has 0 saturated heterocycles. The SMILES string of the molecule is Cc1ccc(OCCCCn2c(C(C)O)nc3ccccc32)c(C)c1. The van der Waals surface area contributed by atoms with Crippen molar-refractivity contribution in [1.82, 2.24) is 9.55 Å². The zero-order valence-corrected chi connectivity index (χ0v) is 15.2. The number of hydrogen-bond acceptors (Lipinski definition) is 3. The van der Waals surface area contributed by atoms with Crippen LogP contribution in [-0.4, -0.2) is 21.3 Å². The number of unbranched alkanes of at least 4 members (excludes halogenated alkanes) is 1. The number of para-hydroxylation sites is 2. The molecule has 0 aliphatic rings. The van der Waals surface area contributed by atoms with Gasteiger partial charge in [0.05, 0.1) is 17.6 Å². The molecule has 1 N–H and O–H groups in total. The summed E-state index contributed by atoms with van der Waals surface area (Å²) >= 11 is 0. The number of aliphatic hydroxyl groups excluding tert-OH is 1. The number of nitrogens with zero attached hydrogens (tertiary/aromatic N) is 2. The van der Waals surface area contributed by atoms with Crippen LogP contribution < -0.4 is 4.74 Å². The molecule has 0 fully saturated rings. The molecule has 3 rings (SSSR count). The molecule has 4 heteroatoms. The highest BCUT2D eigenvalue weighted by molar-refractivity contribution is 5.75. The molecule has 0 aliphatic carbocycles. The second-order valence-electron chi connectivity index (χ2n) is 6.61. The molecule has 3 aromatic rings. The highest BCUT2D eigenvalue weighted by Gasteiger charge is 2.14. The summed E-state index contributed by atoms with van der Waals surface area (Å²) < 4.78 is 8.02. The number of imidazole rings is 1. The van der Waals surface area contributed by atoms with Crippen LogP contribution >= 0.6 is 0 Å². The van der Waals surface area contributed by atoms with E-state index in [4.69, 9.17) is 4.74 Å². The van der Waals surface area contributed by atoms with Gasteiger partial charge in [0.2, 0.25) is 0 Å². The first-order valence-electron chi connectivity index (χ1n) is 8.89. The van der Waals surface area contributed by atoms with Crippen molar-refractivity contribution >= 4 is 11.0 Å². The minimum absolute atomic E-state index is 0.571. The fourth-order valence-electron chi connectivity index (χ4n) is 3.16. The predicted molar refractivity (Wildman–Crippen MR) is 101 cm³/mol. The number of fused-ring (bicyclic) bond motifs is 1. The third kappa shape index (κ3) is 4.02. The van der Waals surface area contributed by atoms with Crippen LogP contribution in [0.3, 0.4) is 0 Å². The highest BCUT2D eigenvalue weighted by atomic mass is 16.5. The quantitative estimate of drug-likeness (QED) is 0.642. The molecule has 0 spiro atoms. The van der Waals surface area contributed by atoms with Gasteiger partial charge in [-0.05, 0) is 57.4 Å². The van der Waals surface area contributed by atoms with Crippen LogP contribution in [0.5, 0.6) is 5.75 Å². The Balaban J connectivity index is 1.59. The molecular weight excluding hydrogens is 312 g/mol. The standard InChI is InChI=1S/C21H26N2O2/c1-15-10-11-20(16(2)14-15)25-13-7-6-12-23-19-9-5-4-8-18(19)22-21(23)17(3)24/h4-5,8-11,14,17,24H,6-7,12-13H2,1-3H3. The van der Waals surface area contributed by atoms with Crippen molar-refractivity contribution in [2.75, 3.05) is 6.61 Å². The Morgan fingerprint density at radius 2 is 1.92 bits per heavy atom. The molecule has 1 heterocycles. The molecule has 1 atom stereocenters. The third-order valence-corrected chi connectivity index (χ3v) is 4.42. The molecule has 132 valence electrons. The van der Waals surface area contributed by atoms with Crippen LogP contribution in [0.15, 0.2) is 42.5 Å². The third-order valence-electron chi connectivity index (χ3n) is 4.42. The van der Waals surface area contributed by atoms with Crippen LogP contribution in [0.25, 0.3) is 11.0 Å². The van der Waals surface area contributed by atoms with Crippen LogP contribution in [0.1, 0.15) is 42.8 Å². The van der Waals surface area contributed by atoms with E-state index in [0.29, 0.717) is 6.61 Å². The fraction of sp³-hybridized carbons (Fsp3) is 0.381. The molecule has 1 aromatic heterocycles. The second kappa shape index (κ2) is 7.70. The maximum atomic E-state index is 10.0. The van der Waals surface area contributed by atoms with Crippen LogP contribution in [-0.2, 0) is 6.54 Å². The van der Waals surface area contributed by atoms with Crippen molar-refractivity contribution in [1.29, 1.82) is 0 Å². The Kier molecular flexibility index (Phi) is 5.39. The Bertz CT molecular complexity index is 852. The predicted octanol–water partition coefficient (Wildman–Crippen LogP) is 4.57. The van der Waals surface area contributed by atoms with E-state index in [1.807, 2.05) is 24.3 Å². The number of aliphatic hydroxyl groups is 1. The van der Waals surface area contributed by atoms with Gasteiger partial charge in [0.15, 0.2) is 0 Å². The van der Waals surface area contributed by atoms with Gasteiger partial charge >= 0.3 is 0 Å². The van der Waals surface area contributed by atoms with Gasteiger partial charge in [-0.15, -0.1) is 0 Å². The number of aromatic nitrogens is 2. The maximum absolute atomic E-state index is 10.0. The van der Waals surface area contributed by atoms with E-state index in [-0.39, 0.29) is 0 Å². The summed E-state index contributed by atoms with van der Waals surface area (Å²) in [7, 11) is 0. The van der Waals surface area contributed by atoms with Gasteiger partial charge in [-0.25, -0.2) is 4.98 Å². The van der Waals surface area contributed by atoms with Crippen molar-refractivity contribution in [3.63, 3.8) is 0 Å². The summed E-state index contributed by atoms with van der Waals surface area (Å²) in [4.78, 5) is 4.56. The van der Waals surface area contributed by atoms with Gasteiger partial charge in [0.25, 0.3) is 0 Å². The first kappa shape index (κ1) is 17.5. The van der Waals surface area contributed by atoms with Crippen molar-refractivity contribution in [3.05, 3.63) is 59.4 Å². The lowest BCUT2D eigenvalue weighted by atomic mass is 10.1. The number of ether oxygens (including phenoxy) is 1. The van der Waals surface area contributed by atoms with Crippen LogP contribution in [0.4, 0.5) is 0 Å². The number of benzene rings is 2. The molecule has 0 bridgehead atoms. The van der Waals surface area contributed by atoms with E-state index >= 15 is 0 Å². The summed E-state index contributed by atoms with van der Waals surface area (Å²) in [6.45, 7) is 7.46. The summed E-state index contributed by atoms with van der Waals surface area (Å²) in [5.41, 5.74) is 4.44. The number of aryl methyl sites for hydroxylation is 3. The Hall–Kier alpha value is -2.33. The fourth-order valence-corrected chi connectivity index (χ4v) is 3.16. The Morgan fingerprint density at radius 1 is 1.12 bits per heavy atom. The number of hydrogen-bond donors (Lipinski definition) is 1. The van der Waals surface area contributed by atoms with Crippen molar-refractivity contribution in [2.24, 2.45) is 0 Å². The van der Waals surface area contributed by atoms with Crippen molar-refractivity contribution in [3.8, 4) is 5.75 Å². The molecule has 1 unspecified atom stereocenters. The second-order valence-corrected chi connectivity index (χ2v) is 6.61. The van der Waals surface area contributed by atoms with Crippen LogP contribution in [0, 0.1) is 13.8 Å². The first-order chi connectivity index (χ1) is 12.1. The monoisotopic (exact) mass is 338 g/mol. The normalized spacial score (nSPS) is 12.5. The van der Waals surface area contributed by atoms with Gasteiger partial charge < -0.3 is 14.4 Å². The Labute approximate surface area is 149 Å². The topological polar surface area (TPSA) is 47.3 Å². The summed E-state index contributed by atoms with van der Waals surface area (Å²) in [6, 6.07) is 14.3. The first-order valence-corrected chi connectivity index (χ1v) is 8.89. The van der Waals surface area contributed by atoms with E-state index in [9.17, 15) is 5.11 Å². The lowest BCUT2D eigenvalue weighted by Gasteiger charge is -2.12. The lowest BCUT2D eigenvalue weighted by molar-refractivity contribution is 0.184. The molecule has 4 nitrogen and oxygen atoms in total. The zero-order chi connectivity index (χ0) is 17.8. The van der Waals surface area contributed by atoms with Gasteiger partial charge in [0, 0.05) is 6.54 Å². The molecule has 0 amide bonds. The van der Waals surface area contributed by atoms with Crippen molar-refractivity contribution < 1.29 is 9.84 Å². The molecule has 2 aromatic carbocycles. The minimum Gasteiger partial charge on any atom is -0.493 e. The van der Waals surface area contributed by atoms with E-state index in [1.54, 1.807) is 6.92 Å². The smallest absolute Gasteiger partial charge is 0.138 e. The highest BCUT2D eigenvalue weighted by Crippen LogP contribution is 2.22. The van der Waals surface area contributed by atoms with Gasteiger partial charge in [-0.2, -0.15) is 0 Å². The van der Waals surface area contributed by atoms with E-state index in [1.165, 1.54) is 11.1 Å². The maximum Gasteiger partial charge on any atom is 0.138 e. The largest absolute Gasteiger partial charge is 0.493 e. The molecule has 0 saturated carbocycles. The van der Waals surface area contributed by atoms with Gasteiger partial charge in [0.1, 0.15) is 17.7 Å². The minimum atomic E-state index is -0.571. The summed E-state index contributed by atoms with van der Waals surface area (Å²) in [6.07, 6.45) is 1.36. The average molecular weight is 338 g/mol. The molecule has 0 aliphatic heterocycles.